The Balaban J connectivity index is 2.17. The lowest BCUT2D eigenvalue weighted by Gasteiger charge is -2.04. The standard InChI is InChI=1S/C11H13N5O2/c1-7(2)16-6-8(3-13-16)14-10-5-12-4-9(15-10)11(17)18/h3-7H,1-2H3,(H,14,15)(H,17,18). The van der Waals surface area contributed by atoms with E-state index in [0.717, 1.165) is 5.69 Å². The highest BCUT2D eigenvalue weighted by molar-refractivity contribution is 5.85. The molecule has 0 atom stereocenters. The maximum Gasteiger partial charge on any atom is 0.356 e. The number of carboxylic acids is 1. The van der Waals surface area contributed by atoms with Gasteiger partial charge in [0.15, 0.2) is 5.69 Å². The predicted octanol–water partition coefficient (Wildman–Crippen LogP) is 1.70. The molecule has 7 nitrogen and oxygen atoms in total. The van der Waals surface area contributed by atoms with Gasteiger partial charge in [-0.2, -0.15) is 5.10 Å². The van der Waals surface area contributed by atoms with Crippen LogP contribution in [0.5, 0.6) is 0 Å². The minimum Gasteiger partial charge on any atom is -0.476 e. The summed E-state index contributed by atoms with van der Waals surface area (Å²) in [4.78, 5) is 18.5. The Morgan fingerprint density at radius 2 is 2.17 bits per heavy atom. The summed E-state index contributed by atoms with van der Waals surface area (Å²) in [5, 5.41) is 15.9. The average Bonchev–Trinajstić information content (AvgIpc) is 2.78. The van der Waals surface area contributed by atoms with Crippen LogP contribution in [0.4, 0.5) is 11.5 Å². The predicted molar refractivity (Wildman–Crippen MR) is 64.9 cm³/mol. The number of carbonyl (C=O) groups is 1. The zero-order valence-corrected chi connectivity index (χ0v) is 10.0. The van der Waals surface area contributed by atoms with Crippen LogP contribution in [0.15, 0.2) is 24.8 Å². The molecule has 2 aromatic heterocycles. The maximum absolute atomic E-state index is 10.8. The molecule has 0 unspecified atom stereocenters. The van der Waals surface area contributed by atoms with Crippen LogP contribution in [0.2, 0.25) is 0 Å². The third-order valence-electron chi connectivity index (χ3n) is 2.26. The molecule has 0 aliphatic carbocycles. The summed E-state index contributed by atoms with van der Waals surface area (Å²) in [5.74, 6) is -0.734. The normalized spacial score (nSPS) is 10.6. The van der Waals surface area contributed by atoms with E-state index in [0.29, 0.717) is 5.82 Å². The molecule has 2 rings (SSSR count). The Morgan fingerprint density at radius 3 is 2.78 bits per heavy atom. The first kappa shape index (κ1) is 12.0. The number of aromatic nitrogens is 4. The van der Waals surface area contributed by atoms with Crippen molar-refractivity contribution < 1.29 is 9.90 Å². The maximum atomic E-state index is 10.8. The Hall–Kier alpha value is -2.44. The topological polar surface area (TPSA) is 92.9 Å². The van der Waals surface area contributed by atoms with Gasteiger partial charge in [0.1, 0.15) is 5.82 Å². The van der Waals surface area contributed by atoms with Crippen LogP contribution in [0.1, 0.15) is 30.4 Å². The first-order valence-electron chi connectivity index (χ1n) is 5.43. The molecule has 0 saturated carbocycles. The highest BCUT2D eigenvalue weighted by Crippen LogP contribution is 2.14. The smallest absolute Gasteiger partial charge is 0.356 e. The van der Waals surface area contributed by atoms with Crippen LogP contribution in [0, 0.1) is 0 Å². The third-order valence-corrected chi connectivity index (χ3v) is 2.26. The van der Waals surface area contributed by atoms with Crippen molar-refractivity contribution in [1.82, 2.24) is 19.7 Å². The number of hydrogen-bond acceptors (Lipinski definition) is 5. The summed E-state index contributed by atoms with van der Waals surface area (Å²) in [7, 11) is 0. The van der Waals surface area contributed by atoms with Crippen LogP contribution in [0.3, 0.4) is 0 Å². The van der Waals surface area contributed by atoms with Crippen LogP contribution < -0.4 is 5.32 Å². The van der Waals surface area contributed by atoms with E-state index in [1.807, 2.05) is 20.0 Å². The summed E-state index contributed by atoms with van der Waals surface area (Å²) < 4.78 is 1.79. The molecule has 18 heavy (non-hydrogen) atoms. The fourth-order valence-electron chi connectivity index (χ4n) is 1.36. The summed E-state index contributed by atoms with van der Waals surface area (Å²) in [5.41, 5.74) is 0.636. The second-order valence-corrected chi connectivity index (χ2v) is 4.02. The van der Waals surface area contributed by atoms with Gasteiger partial charge < -0.3 is 10.4 Å². The van der Waals surface area contributed by atoms with Gasteiger partial charge in [-0.25, -0.2) is 9.78 Å². The van der Waals surface area contributed by atoms with E-state index in [9.17, 15) is 4.79 Å². The summed E-state index contributed by atoms with van der Waals surface area (Å²) in [6, 6.07) is 0.261. The number of aromatic carboxylic acids is 1. The summed E-state index contributed by atoms with van der Waals surface area (Å²) in [6.45, 7) is 4.03. The lowest BCUT2D eigenvalue weighted by molar-refractivity contribution is 0.0690. The van der Waals surface area contributed by atoms with Crippen molar-refractivity contribution in [1.29, 1.82) is 0 Å². The first-order valence-corrected chi connectivity index (χ1v) is 5.43. The van der Waals surface area contributed by atoms with Gasteiger partial charge in [-0.05, 0) is 13.8 Å². The van der Waals surface area contributed by atoms with Crippen LogP contribution >= 0.6 is 0 Å². The average molecular weight is 247 g/mol. The van der Waals surface area contributed by atoms with E-state index in [-0.39, 0.29) is 11.7 Å². The van der Waals surface area contributed by atoms with Gasteiger partial charge in [0.2, 0.25) is 0 Å². The SMILES string of the molecule is CC(C)n1cc(Nc2cncc(C(=O)O)n2)cn1. The van der Waals surface area contributed by atoms with Gasteiger partial charge in [-0.1, -0.05) is 0 Å². The van der Waals surface area contributed by atoms with Crippen LogP contribution in [-0.4, -0.2) is 30.8 Å². The molecule has 94 valence electrons. The second kappa shape index (κ2) is 4.82. The van der Waals surface area contributed by atoms with Crippen molar-refractivity contribution in [2.24, 2.45) is 0 Å². The number of nitrogens with one attached hydrogen (secondary N) is 1. The van der Waals surface area contributed by atoms with Gasteiger partial charge in [0.25, 0.3) is 0 Å². The zero-order chi connectivity index (χ0) is 13.1. The highest BCUT2D eigenvalue weighted by Gasteiger charge is 2.07. The Kier molecular flexibility index (Phi) is 3.22. The largest absolute Gasteiger partial charge is 0.476 e. The van der Waals surface area contributed by atoms with Crippen LogP contribution in [-0.2, 0) is 0 Å². The molecule has 2 heterocycles. The third kappa shape index (κ3) is 2.62. The Bertz CT molecular complexity index is 564. The van der Waals surface area contributed by atoms with Crippen molar-refractivity contribution in [3.63, 3.8) is 0 Å². The van der Waals surface area contributed by atoms with Crippen molar-refractivity contribution in [3.05, 3.63) is 30.5 Å². The van der Waals surface area contributed by atoms with Crippen molar-refractivity contribution >= 4 is 17.5 Å². The van der Waals surface area contributed by atoms with Gasteiger partial charge in [-0.3, -0.25) is 9.67 Å². The van der Waals surface area contributed by atoms with Crippen molar-refractivity contribution in [2.75, 3.05) is 5.32 Å². The zero-order valence-electron chi connectivity index (χ0n) is 10.0. The monoisotopic (exact) mass is 247 g/mol. The fraction of sp³-hybridized carbons (Fsp3) is 0.273. The Labute approximate surface area is 104 Å². The molecule has 7 heteroatoms. The van der Waals surface area contributed by atoms with Gasteiger partial charge in [0.05, 0.1) is 24.3 Å². The molecule has 2 aromatic rings. The Morgan fingerprint density at radius 1 is 1.39 bits per heavy atom. The van der Waals surface area contributed by atoms with Crippen LogP contribution in [0.25, 0.3) is 0 Å². The summed E-state index contributed by atoms with van der Waals surface area (Å²) in [6.07, 6.45) is 6.12. The molecular formula is C11H13N5O2. The quantitative estimate of drug-likeness (QED) is 0.854. The second-order valence-electron chi connectivity index (χ2n) is 4.02. The molecule has 0 radical (unpaired) electrons. The van der Waals surface area contributed by atoms with Crippen molar-refractivity contribution in [3.8, 4) is 0 Å². The van der Waals surface area contributed by atoms with E-state index < -0.39 is 5.97 Å². The van der Waals surface area contributed by atoms with E-state index in [2.05, 4.69) is 20.4 Å². The highest BCUT2D eigenvalue weighted by atomic mass is 16.4. The minimum atomic E-state index is -1.11. The first-order chi connectivity index (χ1) is 8.56. The molecule has 0 amide bonds. The van der Waals surface area contributed by atoms with Gasteiger partial charge >= 0.3 is 5.97 Å². The van der Waals surface area contributed by atoms with Crippen molar-refractivity contribution in [2.45, 2.75) is 19.9 Å². The number of nitrogens with zero attached hydrogens (tertiary/aromatic N) is 4. The molecule has 0 aliphatic heterocycles. The van der Waals surface area contributed by atoms with E-state index in [1.54, 1.807) is 10.9 Å². The molecule has 0 spiro atoms. The number of anilines is 2. The number of hydrogen-bond donors (Lipinski definition) is 2. The lowest BCUT2D eigenvalue weighted by Crippen LogP contribution is -2.04. The van der Waals surface area contributed by atoms with E-state index in [4.69, 9.17) is 5.11 Å². The van der Waals surface area contributed by atoms with E-state index in [1.165, 1.54) is 12.4 Å². The fourth-order valence-corrected chi connectivity index (χ4v) is 1.36. The molecule has 0 fully saturated rings. The lowest BCUT2D eigenvalue weighted by atomic mass is 10.4. The van der Waals surface area contributed by atoms with Gasteiger partial charge in [-0.15, -0.1) is 0 Å². The molecule has 0 saturated heterocycles. The molecule has 0 bridgehead atoms. The molecule has 0 aliphatic rings. The minimum absolute atomic E-state index is 0.101. The molecule has 2 N–H and O–H groups in total. The molecule has 0 aromatic carbocycles. The molecular weight excluding hydrogens is 234 g/mol. The number of rotatable bonds is 4. The van der Waals surface area contributed by atoms with E-state index >= 15 is 0 Å². The summed E-state index contributed by atoms with van der Waals surface area (Å²) >= 11 is 0. The van der Waals surface area contributed by atoms with Gasteiger partial charge in [0, 0.05) is 12.2 Å². The number of carboxylic acid groups (broad SMARTS) is 1.